The molecule has 5 nitrogen and oxygen atoms in total. The number of nitrogens with one attached hydrogen (secondary N) is 1. The van der Waals surface area contributed by atoms with E-state index in [0.717, 1.165) is 17.7 Å². The van der Waals surface area contributed by atoms with Crippen LogP contribution in [0, 0.1) is 11.8 Å². The monoisotopic (exact) mass is 263 g/mol. The molecule has 0 bridgehead atoms. The third-order valence-electron chi connectivity index (χ3n) is 3.79. The molecule has 6 heteroatoms. The smallest absolute Gasteiger partial charge is 0.255 e. The van der Waals surface area contributed by atoms with Crippen molar-refractivity contribution in [2.45, 2.75) is 31.7 Å². The first-order chi connectivity index (χ1) is 8.81. The molecule has 0 saturated heterocycles. The SMILES string of the molecule is Clc1cc(NC(C2CC2)C2CC2)n2ncnc2n1. The van der Waals surface area contributed by atoms with Gasteiger partial charge in [0.1, 0.15) is 17.3 Å². The van der Waals surface area contributed by atoms with Crippen molar-refractivity contribution < 1.29 is 0 Å². The zero-order valence-corrected chi connectivity index (χ0v) is 10.6. The van der Waals surface area contributed by atoms with Gasteiger partial charge in [0.15, 0.2) is 0 Å². The predicted octanol–water partition coefficient (Wildman–Crippen LogP) is 2.38. The molecule has 2 saturated carbocycles. The molecule has 2 aromatic rings. The van der Waals surface area contributed by atoms with E-state index < -0.39 is 0 Å². The third-order valence-corrected chi connectivity index (χ3v) is 3.99. The van der Waals surface area contributed by atoms with Gasteiger partial charge in [0.05, 0.1) is 0 Å². The van der Waals surface area contributed by atoms with Crippen LogP contribution in [0.3, 0.4) is 0 Å². The maximum absolute atomic E-state index is 6.02. The minimum absolute atomic E-state index is 0.461. The molecule has 0 aliphatic heterocycles. The van der Waals surface area contributed by atoms with Gasteiger partial charge in [-0.05, 0) is 37.5 Å². The third kappa shape index (κ3) is 1.82. The number of anilines is 1. The van der Waals surface area contributed by atoms with Crippen LogP contribution in [0.2, 0.25) is 5.15 Å². The fourth-order valence-corrected chi connectivity index (χ4v) is 2.77. The molecule has 18 heavy (non-hydrogen) atoms. The maximum atomic E-state index is 6.02. The summed E-state index contributed by atoms with van der Waals surface area (Å²) >= 11 is 6.02. The number of hydrogen-bond donors (Lipinski definition) is 1. The number of hydrogen-bond acceptors (Lipinski definition) is 4. The van der Waals surface area contributed by atoms with Gasteiger partial charge < -0.3 is 5.32 Å². The highest BCUT2D eigenvalue weighted by atomic mass is 35.5. The van der Waals surface area contributed by atoms with Crippen molar-refractivity contribution in [2.75, 3.05) is 5.32 Å². The maximum Gasteiger partial charge on any atom is 0.255 e. The normalized spacial score (nSPS) is 19.7. The average Bonchev–Trinajstić information content (AvgIpc) is 3.24. The van der Waals surface area contributed by atoms with Crippen LogP contribution < -0.4 is 5.32 Å². The van der Waals surface area contributed by atoms with Crippen molar-refractivity contribution in [3.8, 4) is 0 Å². The molecule has 0 amide bonds. The van der Waals surface area contributed by atoms with Gasteiger partial charge in [-0.3, -0.25) is 0 Å². The summed E-state index contributed by atoms with van der Waals surface area (Å²) < 4.78 is 1.73. The molecule has 2 aliphatic carbocycles. The summed E-state index contributed by atoms with van der Waals surface area (Å²) in [6, 6.07) is 2.40. The molecule has 0 radical (unpaired) electrons. The van der Waals surface area contributed by atoms with Crippen LogP contribution in [-0.2, 0) is 0 Å². The number of nitrogens with zero attached hydrogens (tertiary/aromatic N) is 4. The van der Waals surface area contributed by atoms with E-state index in [1.165, 1.54) is 32.0 Å². The predicted molar refractivity (Wildman–Crippen MR) is 68.7 cm³/mol. The van der Waals surface area contributed by atoms with E-state index in [9.17, 15) is 0 Å². The minimum Gasteiger partial charge on any atom is -0.367 e. The van der Waals surface area contributed by atoms with Crippen LogP contribution >= 0.6 is 11.6 Å². The molecule has 2 fully saturated rings. The van der Waals surface area contributed by atoms with Crippen molar-refractivity contribution in [3.63, 3.8) is 0 Å². The summed E-state index contributed by atoms with van der Waals surface area (Å²) in [5.41, 5.74) is 0. The van der Waals surface area contributed by atoms with Gasteiger partial charge in [-0.15, -0.1) is 0 Å². The molecule has 94 valence electrons. The van der Waals surface area contributed by atoms with Gasteiger partial charge in [-0.2, -0.15) is 19.6 Å². The van der Waals surface area contributed by atoms with Crippen molar-refractivity contribution in [2.24, 2.45) is 11.8 Å². The van der Waals surface area contributed by atoms with E-state index in [-0.39, 0.29) is 0 Å². The van der Waals surface area contributed by atoms with Gasteiger partial charge in [0.25, 0.3) is 5.78 Å². The molecular formula is C12H14ClN5. The highest BCUT2D eigenvalue weighted by Gasteiger charge is 2.41. The Kier molecular flexibility index (Phi) is 2.24. The Labute approximate surface area is 110 Å². The number of halogens is 1. The Hall–Kier alpha value is -1.36. The van der Waals surface area contributed by atoms with Crippen molar-refractivity contribution in [3.05, 3.63) is 17.5 Å². The van der Waals surface area contributed by atoms with Crippen molar-refractivity contribution in [1.82, 2.24) is 19.6 Å². The lowest BCUT2D eigenvalue weighted by molar-refractivity contribution is 0.563. The second-order valence-corrected chi connectivity index (χ2v) is 5.67. The van der Waals surface area contributed by atoms with E-state index >= 15 is 0 Å². The fraction of sp³-hybridized carbons (Fsp3) is 0.583. The molecule has 1 N–H and O–H groups in total. The van der Waals surface area contributed by atoms with Gasteiger partial charge in [-0.25, -0.2) is 0 Å². The fourth-order valence-electron chi connectivity index (χ4n) is 2.59. The molecule has 4 rings (SSSR count). The second kappa shape index (κ2) is 3.82. The first-order valence-corrected chi connectivity index (χ1v) is 6.82. The first kappa shape index (κ1) is 10.6. The van der Waals surface area contributed by atoms with E-state index in [2.05, 4.69) is 20.4 Å². The lowest BCUT2D eigenvalue weighted by Gasteiger charge is -2.19. The van der Waals surface area contributed by atoms with Crippen molar-refractivity contribution in [1.29, 1.82) is 0 Å². The van der Waals surface area contributed by atoms with Gasteiger partial charge in [-0.1, -0.05) is 11.6 Å². The number of aromatic nitrogens is 4. The molecule has 2 heterocycles. The van der Waals surface area contributed by atoms with Crippen LogP contribution in [0.4, 0.5) is 5.82 Å². The minimum atomic E-state index is 0.461. The molecule has 0 spiro atoms. The van der Waals surface area contributed by atoms with Crippen LogP contribution in [0.15, 0.2) is 12.4 Å². The summed E-state index contributed by atoms with van der Waals surface area (Å²) in [6.45, 7) is 0. The first-order valence-electron chi connectivity index (χ1n) is 6.44. The van der Waals surface area contributed by atoms with E-state index in [1.54, 1.807) is 4.52 Å². The Morgan fingerprint density at radius 2 is 2.00 bits per heavy atom. The quantitative estimate of drug-likeness (QED) is 0.861. The lowest BCUT2D eigenvalue weighted by Crippen LogP contribution is -2.25. The Bertz CT molecular complexity index is 575. The summed E-state index contributed by atoms with van der Waals surface area (Å²) in [5, 5.41) is 8.26. The van der Waals surface area contributed by atoms with Crippen LogP contribution in [0.5, 0.6) is 0 Å². The Morgan fingerprint density at radius 1 is 1.28 bits per heavy atom. The van der Waals surface area contributed by atoms with E-state index in [1.807, 2.05) is 6.07 Å². The standard InChI is InChI=1S/C12H14ClN5/c13-9-5-10(18-12(16-9)14-6-15-18)17-11(7-1-2-7)8-3-4-8/h5-8,11,17H,1-4H2. The Morgan fingerprint density at radius 3 is 2.67 bits per heavy atom. The molecule has 0 atom stereocenters. The highest BCUT2D eigenvalue weighted by Crippen LogP contribution is 2.45. The van der Waals surface area contributed by atoms with Gasteiger partial charge in [0.2, 0.25) is 0 Å². The number of rotatable bonds is 4. The molecule has 2 aliphatic rings. The summed E-state index contributed by atoms with van der Waals surface area (Å²) in [7, 11) is 0. The average molecular weight is 264 g/mol. The second-order valence-electron chi connectivity index (χ2n) is 5.28. The summed E-state index contributed by atoms with van der Waals surface area (Å²) in [5.74, 6) is 3.10. The molecule has 2 aromatic heterocycles. The van der Waals surface area contributed by atoms with Crippen LogP contribution in [-0.4, -0.2) is 25.6 Å². The van der Waals surface area contributed by atoms with E-state index in [0.29, 0.717) is 17.0 Å². The largest absolute Gasteiger partial charge is 0.367 e. The van der Waals surface area contributed by atoms with Gasteiger partial charge in [0, 0.05) is 12.1 Å². The van der Waals surface area contributed by atoms with Gasteiger partial charge >= 0.3 is 0 Å². The lowest BCUT2D eigenvalue weighted by atomic mass is 10.1. The Balaban J connectivity index is 1.70. The van der Waals surface area contributed by atoms with Crippen LogP contribution in [0.1, 0.15) is 25.7 Å². The topological polar surface area (TPSA) is 55.1 Å². The zero-order chi connectivity index (χ0) is 12.1. The summed E-state index contributed by atoms with van der Waals surface area (Å²) in [4.78, 5) is 8.22. The number of fused-ring (bicyclic) bond motifs is 1. The molecular weight excluding hydrogens is 250 g/mol. The van der Waals surface area contributed by atoms with Crippen molar-refractivity contribution >= 4 is 23.2 Å². The molecule has 0 aromatic carbocycles. The highest BCUT2D eigenvalue weighted by molar-refractivity contribution is 6.29. The van der Waals surface area contributed by atoms with Crippen LogP contribution in [0.25, 0.3) is 5.78 Å². The van der Waals surface area contributed by atoms with E-state index in [4.69, 9.17) is 11.6 Å². The summed E-state index contributed by atoms with van der Waals surface area (Å²) in [6.07, 6.45) is 6.87. The molecule has 0 unspecified atom stereocenters. The zero-order valence-electron chi connectivity index (χ0n) is 9.88.